The molecule has 24 heavy (non-hydrogen) atoms. The molecule has 0 aliphatic heterocycles. The van der Waals surface area contributed by atoms with Crippen LogP contribution in [-0.4, -0.2) is 4.98 Å². The summed E-state index contributed by atoms with van der Waals surface area (Å²) in [5.41, 5.74) is 6.07. The van der Waals surface area contributed by atoms with E-state index in [4.69, 9.17) is 0 Å². The second kappa shape index (κ2) is 6.55. The minimum absolute atomic E-state index is 0.842. The molecule has 0 amide bonds. The molecule has 0 spiro atoms. The first kappa shape index (κ1) is 14.5. The molecular formula is C22H19N2+. The Bertz CT molecular complexity index is 910. The van der Waals surface area contributed by atoms with Crippen molar-refractivity contribution in [2.24, 2.45) is 0 Å². The Labute approximate surface area is 142 Å². The maximum absolute atomic E-state index is 3.47. The number of aromatic amines is 1. The molecule has 1 aromatic heterocycles. The van der Waals surface area contributed by atoms with E-state index in [9.17, 15) is 0 Å². The summed E-state index contributed by atoms with van der Waals surface area (Å²) in [4.78, 5) is 3.47. The van der Waals surface area contributed by atoms with Gasteiger partial charge in [0.15, 0.2) is 11.4 Å². The maximum atomic E-state index is 3.47. The van der Waals surface area contributed by atoms with E-state index in [1.165, 1.54) is 22.4 Å². The molecule has 1 N–H and O–H groups in total. The summed E-state index contributed by atoms with van der Waals surface area (Å²) in [5, 5.41) is 0. The van der Waals surface area contributed by atoms with Crippen LogP contribution in [0.5, 0.6) is 0 Å². The summed E-state index contributed by atoms with van der Waals surface area (Å²) >= 11 is 0. The first-order valence-electron chi connectivity index (χ1n) is 8.17. The molecule has 0 saturated carbocycles. The monoisotopic (exact) mass is 311 g/mol. The minimum Gasteiger partial charge on any atom is -0.243 e. The van der Waals surface area contributed by atoms with Crippen molar-refractivity contribution in [3.05, 3.63) is 103 Å². The minimum atomic E-state index is 0.842. The van der Waals surface area contributed by atoms with Crippen molar-refractivity contribution >= 4 is 0 Å². The van der Waals surface area contributed by atoms with Crippen LogP contribution in [0.1, 0.15) is 5.56 Å². The fraction of sp³-hybridized carbons (Fsp3) is 0.0455. The number of hydrogen-bond acceptors (Lipinski definition) is 0. The van der Waals surface area contributed by atoms with Crippen LogP contribution in [0.2, 0.25) is 0 Å². The van der Waals surface area contributed by atoms with Gasteiger partial charge in [0.2, 0.25) is 6.33 Å². The van der Waals surface area contributed by atoms with Crippen LogP contribution in [0.25, 0.3) is 22.5 Å². The molecule has 0 radical (unpaired) electrons. The number of nitrogens with one attached hydrogen (secondary N) is 1. The summed E-state index contributed by atoms with van der Waals surface area (Å²) in [6, 6.07) is 31.6. The number of imidazole rings is 1. The summed E-state index contributed by atoms with van der Waals surface area (Å²) in [6.45, 7) is 0.842. The Kier molecular flexibility index (Phi) is 3.95. The molecule has 4 aromatic rings. The number of nitrogens with zero attached hydrogens (tertiary/aromatic N) is 1. The molecule has 3 aromatic carbocycles. The molecule has 116 valence electrons. The van der Waals surface area contributed by atoms with Gasteiger partial charge in [0.25, 0.3) is 0 Å². The highest BCUT2D eigenvalue weighted by Crippen LogP contribution is 2.27. The summed E-state index contributed by atoms with van der Waals surface area (Å²) in [6.07, 6.45) is 2.07. The Morgan fingerprint density at radius 2 is 1.17 bits per heavy atom. The Morgan fingerprint density at radius 3 is 1.79 bits per heavy atom. The topological polar surface area (TPSA) is 19.7 Å². The molecule has 2 heteroatoms. The third-order valence-electron chi connectivity index (χ3n) is 4.19. The fourth-order valence-electron chi connectivity index (χ4n) is 3.05. The van der Waals surface area contributed by atoms with Crippen molar-refractivity contribution < 1.29 is 4.57 Å². The van der Waals surface area contributed by atoms with Gasteiger partial charge in [-0.1, -0.05) is 91.0 Å². The smallest absolute Gasteiger partial charge is 0.242 e. The average Bonchev–Trinajstić information content (AvgIpc) is 3.07. The molecule has 0 saturated heterocycles. The van der Waals surface area contributed by atoms with Crippen molar-refractivity contribution in [1.82, 2.24) is 4.98 Å². The maximum Gasteiger partial charge on any atom is 0.242 e. The average molecular weight is 311 g/mol. The lowest BCUT2D eigenvalue weighted by Gasteiger charge is -2.05. The number of aromatic nitrogens is 2. The SMILES string of the molecule is c1ccc(C[n+]2c[nH]c(-c3ccccc3)c2-c2ccccc2)cc1. The Balaban J connectivity index is 1.84. The normalized spacial score (nSPS) is 10.7. The number of rotatable bonds is 4. The largest absolute Gasteiger partial charge is 0.243 e. The van der Waals surface area contributed by atoms with E-state index < -0.39 is 0 Å². The standard InChI is InChI=1S/C22H18N2/c1-4-10-18(11-5-1)16-24-17-23-21(19-12-6-2-7-13-19)22(24)20-14-8-3-9-15-20/h1-15,17H,16H2/p+1. The lowest BCUT2D eigenvalue weighted by molar-refractivity contribution is -0.676. The van der Waals surface area contributed by atoms with Crippen molar-refractivity contribution in [3.63, 3.8) is 0 Å². The molecule has 0 atom stereocenters. The summed E-state index contributed by atoms with van der Waals surface area (Å²) in [5.74, 6) is 0. The van der Waals surface area contributed by atoms with Crippen LogP contribution in [0.4, 0.5) is 0 Å². The summed E-state index contributed by atoms with van der Waals surface area (Å²) in [7, 11) is 0. The molecule has 2 nitrogen and oxygen atoms in total. The molecule has 0 bridgehead atoms. The third-order valence-corrected chi connectivity index (χ3v) is 4.19. The van der Waals surface area contributed by atoms with Crippen LogP contribution >= 0.6 is 0 Å². The predicted octanol–water partition coefficient (Wildman–Crippen LogP) is 4.68. The second-order valence-electron chi connectivity index (χ2n) is 5.84. The Morgan fingerprint density at radius 1 is 0.625 bits per heavy atom. The molecule has 0 unspecified atom stereocenters. The van der Waals surface area contributed by atoms with Gasteiger partial charge in [-0.05, 0) is 5.56 Å². The number of hydrogen-bond donors (Lipinski definition) is 1. The van der Waals surface area contributed by atoms with Crippen molar-refractivity contribution in [1.29, 1.82) is 0 Å². The van der Waals surface area contributed by atoms with Gasteiger partial charge < -0.3 is 0 Å². The Hall–Kier alpha value is -3.13. The first-order chi connectivity index (χ1) is 11.9. The molecule has 1 heterocycles. The van der Waals surface area contributed by atoms with Crippen LogP contribution in [0.15, 0.2) is 97.3 Å². The van der Waals surface area contributed by atoms with E-state index in [0.29, 0.717) is 0 Å². The van der Waals surface area contributed by atoms with E-state index in [1.54, 1.807) is 0 Å². The van der Waals surface area contributed by atoms with Crippen LogP contribution in [0, 0.1) is 0 Å². The van der Waals surface area contributed by atoms with E-state index in [-0.39, 0.29) is 0 Å². The van der Waals surface area contributed by atoms with Crippen LogP contribution < -0.4 is 4.57 Å². The fourth-order valence-corrected chi connectivity index (χ4v) is 3.05. The van der Waals surface area contributed by atoms with Gasteiger partial charge in [0, 0.05) is 11.1 Å². The van der Waals surface area contributed by atoms with Gasteiger partial charge in [0.1, 0.15) is 6.54 Å². The molecule has 0 aliphatic carbocycles. The highest BCUT2D eigenvalue weighted by molar-refractivity contribution is 5.75. The van der Waals surface area contributed by atoms with Crippen molar-refractivity contribution in [3.8, 4) is 22.5 Å². The second-order valence-corrected chi connectivity index (χ2v) is 5.84. The van der Waals surface area contributed by atoms with E-state index >= 15 is 0 Å². The number of H-pyrrole nitrogens is 1. The van der Waals surface area contributed by atoms with Gasteiger partial charge >= 0.3 is 0 Å². The molecule has 0 aliphatic rings. The molecule has 4 rings (SSSR count). The van der Waals surface area contributed by atoms with E-state index in [1.807, 2.05) is 6.07 Å². The van der Waals surface area contributed by atoms with Gasteiger partial charge in [-0.2, -0.15) is 0 Å². The van der Waals surface area contributed by atoms with Gasteiger partial charge in [-0.3, -0.25) is 0 Å². The van der Waals surface area contributed by atoms with E-state index in [0.717, 1.165) is 12.2 Å². The van der Waals surface area contributed by atoms with Crippen molar-refractivity contribution in [2.45, 2.75) is 6.54 Å². The van der Waals surface area contributed by atoms with E-state index in [2.05, 4.69) is 101 Å². The van der Waals surface area contributed by atoms with Gasteiger partial charge in [-0.15, -0.1) is 0 Å². The lowest BCUT2D eigenvalue weighted by atomic mass is 10.0. The quantitative estimate of drug-likeness (QED) is 0.528. The lowest BCUT2D eigenvalue weighted by Crippen LogP contribution is -2.34. The highest BCUT2D eigenvalue weighted by atomic mass is 15.1. The van der Waals surface area contributed by atoms with Crippen LogP contribution in [0.3, 0.4) is 0 Å². The summed E-state index contributed by atoms with van der Waals surface area (Å²) < 4.78 is 2.28. The third kappa shape index (κ3) is 2.86. The molecular weight excluding hydrogens is 292 g/mol. The van der Waals surface area contributed by atoms with Gasteiger partial charge in [0.05, 0.1) is 0 Å². The predicted molar refractivity (Wildman–Crippen MR) is 97.4 cm³/mol. The zero-order chi connectivity index (χ0) is 16.2. The number of benzene rings is 3. The van der Waals surface area contributed by atoms with Gasteiger partial charge in [-0.25, -0.2) is 9.55 Å². The zero-order valence-electron chi connectivity index (χ0n) is 13.4. The molecule has 0 fully saturated rings. The first-order valence-corrected chi connectivity index (χ1v) is 8.17. The zero-order valence-corrected chi connectivity index (χ0v) is 13.4. The van der Waals surface area contributed by atoms with Crippen molar-refractivity contribution in [2.75, 3.05) is 0 Å². The van der Waals surface area contributed by atoms with Crippen LogP contribution in [-0.2, 0) is 6.54 Å². The highest BCUT2D eigenvalue weighted by Gasteiger charge is 2.21.